The molecule has 0 amide bonds. The van der Waals surface area contributed by atoms with E-state index in [1.807, 2.05) is 0 Å². The van der Waals surface area contributed by atoms with Crippen LogP contribution in [0.4, 0.5) is 0 Å². The van der Waals surface area contributed by atoms with Gasteiger partial charge in [-0.2, -0.15) is 8.62 Å². The minimum absolute atomic E-state index is 0.355. The molecule has 1 aliphatic rings. The summed E-state index contributed by atoms with van der Waals surface area (Å²) >= 11 is 1.22. The number of hydrogen-bond donors (Lipinski definition) is 4. The summed E-state index contributed by atoms with van der Waals surface area (Å²) in [5, 5.41) is -0.735. The molecule has 1 fully saturated rings. The third-order valence-corrected chi connectivity index (χ3v) is 9.09. The van der Waals surface area contributed by atoms with Crippen LogP contribution in [0.2, 0.25) is 0 Å². The molecule has 0 aliphatic carbocycles. The van der Waals surface area contributed by atoms with E-state index in [0.717, 1.165) is 0 Å². The number of thioether (sulfide) groups is 1. The van der Waals surface area contributed by atoms with Gasteiger partial charge in [0.25, 0.3) is 5.56 Å². The molecule has 0 radical (unpaired) electrons. The van der Waals surface area contributed by atoms with Crippen LogP contribution >= 0.6 is 35.2 Å². The van der Waals surface area contributed by atoms with E-state index in [1.54, 1.807) is 0 Å². The maximum absolute atomic E-state index is 11.8. The Labute approximate surface area is 161 Å². The molecule has 1 saturated heterocycles. The number of H-pyrrole nitrogens is 1. The number of nitrogens with one attached hydrogen (secondary N) is 1. The maximum Gasteiger partial charge on any atom is 0.490 e. The Morgan fingerprint density at radius 3 is 2.39 bits per heavy atom. The van der Waals surface area contributed by atoms with E-state index in [-0.39, 0.29) is 10.6 Å². The third kappa shape index (κ3) is 7.05. The minimum atomic E-state index is -5.45. The molecule has 0 spiro atoms. The third-order valence-electron chi connectivity index (χ3n) is 3.31. The summed E-state index contributed by atoms with van der Waals surface area (Å²) < 4.78 is 51.9. The molecule has 1 aromatic heterocycles. The van der Waals surface area contributed by atoms with E-state index in [4.69, 9.17) is 4.89 Å². The van der Waals surface area contributed by atoms with Crippen molar-refractivity contribution < 1.29 is 46.0 Å². The standard InChI is InChI=1S/C10H17N2O12P3S/c1-21-25(15,16)23-27(19,20)24-26(17,18)22-6-7-2-3-9(28-7)12-5-4-8(13)11-10(12)14/h4-5,7,9H,2-3,6H2,1H3,(H,15,16)(H,17,18)(H,19,20)(H,11,13,14)/t7-,9+/m0/s1. The number of rotatable bonds is 9. The van der Waals surface area contributed by atoms with E-state index in [2.05, 4.69) is 22.7 Å². The van der Waals surface area contributed by atoms with Crippen LogP contribution < -0.4 is 11.2 Å². The smallest absolute Gasteiger partial charge is 0.302 e. The Morgan fingerprint density at radius 2 is 1.79 bits per heavy atom. The fourth-order valence-corrected chi connectivity index (χ4v) is 7.01. The van der Waals surface area contributed by atoms with Crippen LogP contribution in [-0.4, -0.2) is 43.2 Å². The Morgan fingerprint density at radius 1 is 1.14 bits per heavy atom. The summed E-state index contributed by atoms with van der Waals surface area (Å²) in [5.41, 5.74) is -1.15. The van der Waals surface area contributed by atoms with E-state index >= 15 is 0 Å². The lowest BCUT2D eigenvalue weighted by Gasteiger charge is -2.18. The van der Waals surface area contributed by atoms with E-state index in [0.29, 0.717) is 20.0 Å². The maximum atomic E-state index is 11.8. The van der Waals surface area contributed by atoms with Gasteiger partial charge in [0.2, 0.25) is 0 Å². The lowest BCUT2D eigenvalue weighted by molar-refractivity contribution is 0.167. The Balaban J connectivity index is 1.92. The molecule has 0 bridgehead atoms. The lowest BCUT2D eigenvalue weighted by atomic mass is 10.2. The Hall–Kier alpha value is -0.560. The first-order chi connectivity index (χ1) is 12.8. The molecule has 1 aliphatic heterocycles. The van der Waals surface area contributed by atoms with Crippen molar-refractivity contribution >= 4 is 35.2 Å². The van der Waals surface area contributed by atoms with Gasteiger partial charge >= 0.3 is 29.2 Å². The van der Waals surface area contributed by atoms with Crippen LogP contribution in [-0.2, 0) is 31.4 Å². The van der Waals surface area contributed by atoms with Crippen LogP contribution in [0.25, 0.3) is 0 Å². The first-order valence-corrected chi connectivity index (χ1v) is 12.8. The molecule has 2 rings (SSSR count). The van der Waals surface area contributed by atoms with Gasteiger partial charge in [-0.1, -0.05) is 0 Å². The topological polar surface area (TPSA) is 204 Å². The molecule has 5 atom stereocenters. The second-order valence-electron chi connectivity index (χ2n) is 5.35. The van der Waals surface area contributed by atoms with Gasteiger partial charge in [-0.15, -0.1) is 11.8 Å². The van der Waals surface area contributed by atoms with Gasteiger partial charge in [0.15, 0.2) is 0 Å². The largest absolute Gasteiger partial charge is 0.490 e. The van der Waals surface area contributed by atoms with Crippen molar-refractivity contribution in [3.05, 3.63) is 33.1 Å². The van der Waals surface area contributed by atoms with Crippen LogP contribution in [0, 0.1) is 0 Å². The fourth-order valence-electron chi connectivity index (χ4n) is 2.18. The second kappa shape index (κ2) is 9.07. The first-order valence-electron chi connectivity index (χ1n) is 7.41. The SMILES string of the molecule is COP(=O)(O)OP(=O)(O)OP(=O)(O)OC[C@@H]1CC[C@H](n2ccc(=O)[nH]c2=O)S1. The van der Waals surface area contributed by atoms with Crippen molar-refractivity contribution in [2.45, 2.75) is 23.5 Å². The van der Waals surface area contributed by atoms with Crippen LogP contribution in [0.1, 0.15) is 18.2 Å². The quantitative estimate of drug-likeness (QED) is 0.362. The molecule has 3 unspecified atom stereocenters. The Bertz CT molecular complexity index is 961. The molecule has 1 aromatic rings. The molecule has 14 nitrogen and oxygen atoms in total. The zero-order valence-electron chi connectivity index (χ0n) is 14.1. The summed E-state index contributed by atoms with van der Waals surface area (Å²) in [7, 11) is -14.8. The molecule has 4 N–H and O–H groups in total. The zero-order chi connectivity index (χ0) is 21.2. The highest BCUT2D eigenvalue weighted by Crippen LogP contribution is 2.67. The van der Waals surface area contributed by atoms with Crippen LogP contribution in [0.15, 0.2) is 21.9 Å². The molecule has 2 heterocycles. The van der Waals surface area contributed by atoms with Gasteiger partial charge < -0.3 is 14.7 Å². The van der Waals surface area contributed by atoms with Gasteiger partial charge in [0.05, 0.1) is 12.0 Å². The Kier molecular flexibility index (Phi) is 7.68. The molecule has 0 aromatic carbocycles. The highest BCUT2D eigenvalue weighted by Gasteiger charge is 2.42. The number of phosphoric acid groups is 3. The molecular formula is C10H17N2O12P3S. The summed E-state index contributed by atoms with van der Waals surface area (Å²) in [4.78, 5) is 52.7. The number of hydrogen-bond acceptors (Lipinski definition) is 10. The van der Waals surface area contributed by atoms with Gasteiger partial charge in [0.1, 0.15) is 0 Å². The van der Waals surface area contributed by atoms with Crippen molar-refractivity contribution in [2.75, 3.05) is 13.7 Å². The molecule has 28 heavy (non-hydrogen) atoms. The van der Waals surface area contributed by atoms with Crippen LogP contribution in [0.3, 0.4) is 0 Å². The molecular weight excluding hydrogens is 465 g/mol. The average molecular weight is 482 g/mol. The highest BCUT2D eigenvalue weighted by atomic mass is 32.2. The zero-order valence-corrected chi connectivity index (χ0v) is 17.6. The second-order valence-corrected chi connectivity index (χ2v) is 11.6. The molecule has 18 heteroatoms. The average Bonchev–Trinajstić information content (AvgIpc) is 2.99. The van der Waals surface area contributed by atoms with Gasteiger partial charge in [-0.3, -0.25) is 23.4 Å². The van der Waals surface area contributed by atoms with Gasteiger partial charge in [-0.25, -0.2) is 18.5 Å². The highest BCUT2D eigenvalue weighted by molar-refractivity contribution is 8.00. The van der Waals surface area contributed by atoms with Crippen molar-refractivity contribution in [3.63, 3.8) is 0 Å². The van der Waals surface area contributed by atoms with E-state index in [9.17, 15) is 33.1 Å². The fraction of sp³-hybridized carbons (Fsp3) is 0.600. The van der Waals surface area contributed by atoms with Crippen molar-refractivity contribution in [1.29, 1.82) is 0 Å². The monoisotopic (exact) mass is 482 g/mol. The predicted molar refractivity (Wildman–Crippen MR) is 95.6 cm³/mol. The summed E-state index contributed by atoms with van der Waals surface area (Å²) in [6, 6.07) is 1.18. The molecule has 0 saturated carbocycles. The van der Waals surface area contributed by atoms with Crippen LogP contribution in [0.5, 0.6) is 0 Å². The normalized spacial score (nSPS) is 26.3. The summed E-state index contributed by atoms with van der Waals surface area (Å²) in [6.45, 7) is -0.395. The first kappa shape index (κ1) is 23.7. The van der Waals surface area contributed by atoms with Crippen molar-refractivity contribution in [2.24, 2.45) is 0 Å². The predicted octanol–water partition coefficient (Wildman–Crippen LogP) is 0.928. The summed E-state index contributed by atoms with van der Waals surface area (Å²) in [6.07, 6.45) is 2.28. The van der Waals surface area contributed by atoms with Gasteiger partial charge in [0, 0.05) is 24.6 Å². The van der Waals surface area contributed by atoms with Crippen molar-refractivity contribution in [1.82, 2.24) is 9.55 Å². The number of aromatic amines is 1. The van der Waals surface area contributed by atoms with Crippen molar-refractivity contribution in [3.8, 4) is 0 Å². The van der Waals surface area contributed by atoms with E-state index in [1.165, 1.54) is 28.6 Å². The number of aromatic nitrogens is 2. The number of phosphoric ester groups is 2. The van der Waals surface area contributed by atoms with E-state index < -0.39 is 41.3 Å². The number of nitrogens with zero attached hydrogens (tertiary/aromatic N) is 1. The minimum Gasteiger partial charge on any atom is -0.302 e. The molecule has 160 valence electrons. The van der Waals surface area contributed by atoms with Gasteiger partial charge in [-0.05, 0) is 12.8 Å². The summed E-state index contributed by atoms with van der Waals surface area (Å²) in [5.74, 6) is 0. The lowest BCUT2D eigenvalue weighted by Crippen LogP contribution is -2.29.